The van der Waals surface area contributed by atoms with Crippen molar-refractivity contribution in [2.24, 2.45) is 5.73 Å². The number of esters is 1. The van der Waals surface area contributed by atoms with E-state index in [0.29, 0.717) is 0 Å². The van der Waals surface area contributed by atoms with Crippen LogP contribution in [0.3, 0.4) is 0 Å². The average Bonchev–Trinajstić information content (AvgIpc) is 2.73. The van der Waals surface area contributed by atoms with Gasteiger partial charge in [-0.2, -0.15) is 0 Å². The molecule has 1 aromatic heterocycles. The van der Waals surface area contributed by atoms with Crippen LogP contribution in [0.5, 0.6) is 17.4 Å². The van der Waals surface area contributed by atoms with Crippen LogP contribution in [0.25, 0.3) is 5.70 Å². The number of benzene rings is 1. The van der Waals surface area contributed by atoms with Gasteiger partial charge in [0.05, 0.1) is 12.3 Å². The third-order valence-electron chi connectivity index (χ3n) is 3.58. The predicted molar refractivity (Wildman–Crippen MR) is 114 cm³/mol. The van der Waals surface area contributed by atoms with Crippen molar-refractivity contribution in [3.8, 4) is 17.4 Å². The number of ether oxygens (including phenoxy) is 4. The molecule has 0 amide bonds. The van der Waals surface area contributed by atoms with E-state index in [0.717, 1.165) is 13.0 Å². The summed E-state index contributed by atoms with van der Waals surface area (Å²) in [6.07, 6.45) is -1.84. The van der Waals surface area contributed by atoms with Crippen LogP contribution >= 0.6 is 23.2 Å². The molecule has 0 fully saturated rings. The zero-order valence-corrected chi connectivity index (χ0v) is 18.5. The van der Waals surface area contributed by atoms with Crippen molar-refractivity contribution in [1.82, 2.24) is 4.98 Å². The fourth-order valence-electron chi connectivity index (χ4n) is 2.25. The molecule has 0 radical (unpaired) electrons. The summed E-state index contributed by atoms with van der Waals surface area (Å²) in [5.74, 6) is -2.35. The van der Waals surface area contributed by atoms with Gasteiger partial charge in [-0.25, -0.2) is 18.6 Å². The number of hydrogen-bond donors (Lipinski definition) is 2. The van der Waals surface area contributed by atoms with E-state index in [1.165, 1.54) is 12.1 Å². The Balaban J connectivity index is 2.35. The van der Waals surface area contributed by atoms with Crippen molar-refractivity contribution in [2.75, 3.05) is 13.2 Å². The van der Waals surface area contributed by atoms with Crippen LogP contribution in [0.15, 0.2) is 35.4 Å². The fourth-order valence-corrected chi connectivity index (χ4v) is 2.56. The van der Waals surface area contributed by atoms with Gasteiger partial charge in [0, 0.05) is 13.0 Å². The number of pyridine rings is 1. The molecule has 0 spiro atoms. The number of hydrogen-bond acceptors (Lipinski definition) is 8. The second-order valence-corrected chi connectivity index (χ2v) is 6.75. The molecule has 1 unspecified atom stereocenters. The van der Waals surface area contributed by atoms with Gasteiger partial charge in [-0.3, -0.25) is 5.41 Å². The highest BCUT2D eigenvalue weighted by atomic mass is 35.5. The van der Waals surface area contributed by atoms with Crippen molar-refractivity contribution in [1.29, 1.82) is 5.41 Å². The Labute approximate surface area is 192 Å². The molecule has 32 heavy (non-hydrogen) atoms. The van der Waals surface area contributed by atoms with E-state index in [2.05, 4.69) is 9.72 Å². The van der Waals surface area contributed by atoms with Crippen molar-refractivity contribution >= 4 is 40.8 Å². The van der Waals surface area contributed by atoms with E-state index < -0.39 is 40.5 Å². The number of carbonyl (C=O) groups excluding carboxylic acids is 1. The highest BCUT2D eigenvalue weighted by molar-refractivity contribution is 6.44. The summed E-state index contributed by atoms with van der Waals surface area (Å²) in [5, 5.41) is 6.82. The average molecular weight is 490 g/mol. The lowest BCUT2D eigenvalue weighted by Gasteiger charge is -2.14. The summed E-state index contributed by atoms with van der Waals surface area (Å²) in [7, 11) is 0. The number of halogens is 4. The molecule has 1 atom stereocenters. The van der Waals surface area contributed by atoms with Gasteiger partial charge in [-0.1, -0.05) is 35.3 Å². The number of nitrogens with zero attached hydrogens (tertiary/aromatic N) is 1. The number of nitrogens with one attached hydrogen (secondary N) is 1. The summed E-state index contributed by atoms with van der Waals surface area (Å²) in [4.78, 5) is 15.5. The molecule has 3 N–H and O–H groups in total. The molecular weight excluding hydrogens is 471 g/mol. The summed E-state index contributed by atoms with van der Waals surface area (Å²) in [6.45, 7) is 2.52. The number of alkyl halides is 1. The second-order valence-electron chi connectivity index (χ2n) is 5.97. The second kappa shape index (κ2) is 11.5. The lowest BCUT2D eigenvalue weighted by molar-refractivity contribution is -0.145. The molecular formula is C20H19Cl2F2N3O5. The topological polar surface area (TPSA) is 117 Å². The zero-order chi connectivity index (χ0) is 23.8. The molecule has 2 aromatic rings. The maximum absolute atomic E-state index is 14.4. The van der Waals surface area contributed by atoms with Crippen LogP contribution in [0, 0.1) is 11.2 Å². The quantitative estimate of drug-likeness (QED) is 0.295. The number of para-hydroxylation sites is 2. The minimum absolute atomic E-state index is 0.111. The smallest absolute Gasteiger partial charge is 0.344 e. The molecule has 0 aliphatic carbocycles. The highest BCUT2D eigenvalue weighted by Crippen LogP contribution is 2.35. The monoisotopic (exact) mass is 489 g/mol. The molecule has 172 valence electrons. The molecule has 12 heteroatoms. The van der Waals surface area contributed by atoms with Crippen molar-refractivity contribution in [3.63, 3.8) is 0 Å². The van der Waals surface area contributed by atoms with E-state index in [1.54, 1.807) is 19.1 Å². The third-order valence-corrected chi connectivity index (χ3v) is 4.22. The van der Waals surface area contributed by atoms with Gasteiger partial charge in [0.1, 0.15) is 15.7 Å². The van der Waals surface area contributed by atoms with Gasteiger partial charge in [0.15, 0.2) is 23.9 Å². The van der Waals surface area contributed by atoms with Gasteiger partial charge >= 0.3 is 5.97 Å². The first-order valence-electron chi connectivity index (χ1n) is 9.10. The molecule has 0 bridgehead atoms. The summed E-state index contributed by atoms with van der Waals surface area (Å²) in [5.41, 5.74) is 4.80. The first-order chi connectivity index (χ1) is 15.1. The Kier molecular flexibility index (Phi) is 9.03. The molecule has 8 nitrogen and oxygen atoms in total. The van der Waals surface area contributed by atoms with Crippen LogP contribution < -0.4 is 15.2 Å². The maximum atomic E-state index is 14.4. The van der Waals surface area contributed by atoms with E-state index in [1.807, 2.05) is 0 Å². The van der Waals surface area contributed by atoms with Crippen LogP contribution in [0.2, 0.25) is 5.02 Å². The third kappa shape index (κ3) is 6.69. The minimum atomic E-state index is -1.84. The van der Waals surface area contributed by atoms with E-state index in [4.69, 9.17) is 48.6 Å². The van der Waals surface area contributed by atoms with Gasteiger partial charge in [0.2, 0.25) is 18.1 Å². The number of carbonyl (C=O) groups is 1. The maximum Gasteiger partial charge on any atom is 0.344 e. The van der Waals surface area contributed by atoms with Crippen molar-refractivity contribution in [2.45, 2.75) is 20.2 Å². The van der Waals surface area contributed by atoms with Gasteiger partial charge in [-0.05, 0) is 19.1 Å². The Morgan fingerprint density at radius 3 is 2.59 bits per heavy atom. The lowest BCUT2D eigenvalue weighted by Crippen LogP contribution is -2.15. The van der Waals surface area contributed by atoms with E-state index in [9.17, 15) is 13.6 Å². The number of aromatic nitrogens is 1. The van der Waals surface area contributed by atoms with E-state index in [-0.39, 0.29) is 35.6 Å². The minimum Gasteiger partial charge on any atom is -0.478 e. The van der Waals surface area contributed by atoms with Crippen molar-refractivity contribution < 1.29 is 32.5 Å². The molecule has 1 heterocycles. The lowest BCUT2D eigenvalue weighted by atomic mass is 10.2. The first-order valence-corrected chi connectivity index (χ1v) is 9.86. The Morgan fingerprint density at radius 1 is 1.31 bits per heavy atom. The Hall–Kier alpha value is -3.11. The summed E-state index contributed by atoms with van der Waals surface area (Å²) < 4.78 is 47.7. The predicted octanol–water partition coefficient (Wildman–Crippen LogP) is 4.78. The molecule has 0 saturated carbocycles. The Bertz CT molecular complexity index is 1030. The van der Waals surface area contributed by atoms with Gasteiger partial charge in [-0.15, -0.1) is 0 Å². The van der Waals surface area contributed by atoms with Gasteiger partial charge < -0.3 is 24.7 Å². The zero-order valence-electron chi connectivity index (χ0n) is 17.0. The van der Waals surface area contributed by atoms with Crippen LogP contribution in [-0.4, -0.2) is 36.4 Å². The largest absolute Gasteiger partial charge is 0.478 e. The molecule has 1 aromatic carbocycles. The molecule has 0 aliphatic heterocycles. The molecule has 2 rings (SSSR count). The molecule has 0 aliphatic rings. The van der Waals surface area contributed by atoms with Gasteiger partial charge in [0.25, 0.3) is 0 Å². The van der Waals surface area contributed by atoms with Crippen LogP contribution in [0.4, 0.5) is 8.78 Å². The highest BCUT2D eigenvalue weighted by Gasteiger charge is 2.21. The summed E-state index contributed by atoms with van der Waals surface area (Å²) >= 11 is 11.9. The standard InChI is InChI=1S/C20H19Cl2F2N3O5/c1-3-29-15(28)9-30-13-6-4-5-7-14(13)32-20-11(21)8-12(24)18(27-20)17(25)16(22)19(26)31-10(2)23/h4-8,10,26H,3,9,25H2,1-2H3. The fraction of sp³-hybridized carbons (Fsp3) is 0.250. The summed E-state index contributed by atoms with van der Waals surface area (Å²) in [6, 6.07) is 7.15. The van der Waals surface area contributed by atoms with Crippen molar-refractivity contribution in [3.05, 3.63) is 51.9 Å². The SMILES string of the molecule is CCOC(=O)COc1ccccc1Oc1nc(C(N)=C(Cl)C(=N)OC(C)F)c(F)cc1Cl. The van der Waals surface area contributed by atoms with E-state index >= 15 is 0 Å². The first kappa shape index (κ1) is 25.2. The van der Waals surface area contributed by atoms with Crippen LogP contribution in [-0.2, 0) is 14.3 Å². The number of rotatable bonds is 9. The number of nitrogens with two attached hydrogens (primary N) is 1. The molecule has 0 saturated heterocycles. The normalized spacial score (nSPS) is 12.4. The Morgan fingerprint density at radius 2 is 1.97 bits per heavy atom. The van der Waals surface area contributed by atoms with Crippen LogP contribution in [0.1, 0.15) is 19.5 Å².